The minimum Gasteiger partial charge on any atom is -0.352 e. The van der Waals surface area contributed by atoms with E-state index in [4.69, 9.17) is 0 Å². The quantitative estimate of drug-likeness (QED) is 0.491. The first-order valence-corrected chi connectivity index (χ1v) is 10.6. The van der Waals surface area contributed by atoms with Crippen LogP contribution in [0.4, 0.5) is 11.4 Å². The zero-order valence-electron chi connectivity index (χ0n) is 18.0. The molecule has 3 N–H and O–H groups in total. The van der Waals surface area contributed by atoms with Gasteiger partial charge in [0.25, 0.3) is 11.8 Å². The smallest absolute Gasteiger partial charge is 0.255 e. The number of anilines is 2. The summed E-state index contributed by atoms with van der Waals surface area (Å²) in [4.78, 5) is 37.3. The van der Waals surface area contributed by atoms with Crippen LogP contribution in [0.5, 0.6) is 0 Å². The molecular weight excluding hydrogens is 378 g/mol. The van der Waals surface area contributed by atoms with Crippen molar-refractivity contribution in [3.05, 3.63) is 59.7 Å². The summed E-state index contributed by atoms with van der Waals surface area (Å²) in [6.45, 7) is 6.64. The number of nitrogens with one attached hydrogen (secondary N) is 3. The van der Waals surface area contributed by atoms with Crippen molar-refractivity contribution < 1.29 is 14.4 Å². The summed E-state index contributed by atoms with van der Waals surface area (Å²) in [7, 11) is 0. The third-order valence-corrected chi connectivity index (χ3v) is 5.01. The Morgan fingerprint density at radius 3 is 2.13 bits per heavy atom. The number of para-hydroxylation sites is 1. The number of hydrogen-bond donors (Lipinski definition) is 3. The SMILES string of the molecule is CCCCNC(=O)c1ccccc1NC(=O)c1ccc(NC(=O)C(CC)CC)cc1. The molecule has 3 amide bonds. The van der Waals surface area contributed by atoms with Crippen LogP contribution in [0, 0.1) is 5.92 Å². The van der Waals surface area contributed by atoms with Gasteiger partial charge >= 0.3 is 0 Å². The molecule has 0 fully saturated rings. The highest BCUT2D eigenvalue weighted by atomic mass is 16.2. The molecular formula is C24H31N3O3. The highest BCUT2D eigenvalue weighted by Gasteiger charge is 2.16. The molecule has 6 nitrogen and oxygen atoms in total. The Kier molecular flexibility index (Phi) is 9.06. The van der Waals surface area contributed by atoms with E-state index >= 15 is 0 Å². The Hall–Kier alpha value is -3.15. The molecule has 0 aliphatic rings. The molecule has 0 saturated carbocycles. The Morgan fingerprint density at radius 2 is 1.50 bits per heavy atom. The number of rotatable bonds is 10. The zero-order chi connectivity index (χ0) is 21.9. The molecule has 0 atom stereocenters. The predicted molar refractivity (Wildman–Crippen MR) is 121 cm³/mol. The van der Waals surface area contributed by atoms with Crippen LogP contribution in [-0.4, -0.2) is 24.3 Å². The Morgan fingerprint density at radius 1 is 0.833 bits per heavy atom. The summed E-state index contributed by atoms with van der Waals surface area (Å²) < 4.78 is 0. The Balaban J connectivity index is 2.05. The van der Waals surface area contributed by atoms with Crippen LogP contribution in [0.3, 0.4) is 0 Å². The van der Waals surface area contributed by atoms with Gasteiger partial charge in [-0.3, -0.25) is 14.4 Å². The Labute approximate surface area is 178 Å². The van der Waals surface area contributed by atoms with E-state index in [1.54, 1.807) is 48.5 Å². The van der Waals surface area contributed by atoms with Crippen LogP contribution < -0.4 is 16.0 Å². The van der Waals surface area contributed by atoms with Crippen LogP contribution >= 0.6 is 0 Å². The normalized spacial score (nSPS) is 10.5. The van der Waals surface area contributed by atoms with E-state index in [1.165, 1.54) is 0 Å². The van der Waals surface area contributed by atoms with Gasteiger partial charge in [0.1, 0.15) is 0 Å². The largest absolute Gasteiger partial charge is 0.352 e. The van der Waals surface area contributed by atoms with Crippen LogP contribution in [0.15, 0.2) is 48.5 Å². The molecule has 0 spiro atoms. The van der Waals surface area contributed by atoms with Crippen LogP contribution in [0.25, 0.3) is 0 Å². The lowest BCUT2D eigenvalue weighted by molar-refractivity contribution is -0.120. The van der Waals surface area contributed by atoms with Gasteiger partial charge in [-0.2, -0.15) is 0 Å². The molecule has 0 radical (unpaired) electrons. The molecule has 0 aliphatic carbocycles. The van der Waals surface area contributed by atoms with E-state index in [0.717, 1.165) is 25.7 Å². The molecule has 0 aromatic heterocycles. The second kappa shape index (κ2) is 11.8. The van der Waals surface area contributed by atoms with Crippen molar-refractivity contribution in [2.75, 3.05) is 17.2 Å². The van der Waals surface area contributed by atoms with Crippen molar-refractivity contribution in [1.29, 1.82) is 0 Å². The molecule has 2 aromatic rings. The third-order valence-electron chi connectivity index (χ3n) is 5.01. The first-order valence-electron chi connectivity index (χ1n) is 10.6. The maximum absolute atomic E-state index is 12.7. The summed E-state index contributed by atoms with van der Waals surface area (Å²) in [6.07, 6.45) is 3.47. The van der Waals surface area contributed by atoms with Crippen molar-refractivity contribution in [2.45, 2.75) is 46.5 Å². The summed E-state index contributed by atoms with van der Waals surface area (Å²) in [5.41, 5.74) is 1.98. The average molecular weight is 410 g/mol. The van der Waals surface area contributed by atoms with E-state index in [1.807, 2.05) is 13.8 Å². The van der Waals surface area contributed by atoms with E-state index < -0.39 is 0 Å². The van der Waals surface area contributed by atoms with Gasteiger partial charge in [-0.1, -0.05) is 39.3 Å². The molecule has 2 aromatic carbocycles. The van der Waals surface area contributed by atoms with Gasteiger partial charge < -0.3 is 16.0 Å². The zero-order valence-corrected chi connectivity index (χ0v) is 18.0. The van der Waals surface area contributed by atoms with Gasteiger partial charge in [-0.25, -0.2) is 0 Å². The van der Waals surface area contributed by atoms with Gasteiger partial charge in [0.05, 0.1) is 11.3 Å². The van der Waals surface area contributed by atoms with Crippen molar-refractivity contribution in [3.8, 4) is 0 Å². The monoisotopic (exact) mass is 409 g/mol. The minimum absolute atomic E-state index is 0.0137. The van der Waals surface area contributed by atoms with Crippen LogP contribution in [0.1, 0.15) is 67.2 Å². The summed E-state index contributed by atoms with van der Waals surface area (Å²) in [5.74, 6) is -0.561. The first-order chi connectivity index (χ1) is 14.5. The van der Waals surface area contributed by atoms with E-state index in [2.05, 4.69) is 22.9 Å². The maximum atomic E-state index is 12.7. The van der Waals surface area contributed by atoms with Crippen molar-refractivity contribution >= 4 is 29.1 Å². The third kappa shape index (κ3) is 6.44. The van der Waals surface area contributed by atoms with Gasteiger partial charge in [-0.15, -0.1) is 0 Å². The molecule has 0 saturated heterocycles. The fourth-order valence-electron chi connectivity index (χ4n) is 3.07. The number of unbranched alkanes of at least 4 members (excludes halogenated alkanes) is 1. The summed E-state index contributed by atoms with van der Waals surface area (Å²) in [6, 6.07) is 13.7. The van der Waals surface area contributed by atoms with Crippen LogP contribution in [-0.2, 0) is 4.79 Å². The summed E-state index contributed by atoms with van der Waals surface area (Å²) >= 11 is 0. The summed E-state index contributed by atoms with van der Waals surface area (Å²) in [5, 5.41) is 8.56. The molecule has 0 heterocycles. The molecule has 0 bridgehead atoms. The lowest BCUT2D eigenvalue weighted by Crippen LogP contribution is -2.26. The van der Waals surface area contributed by atoms with E-state index in [0.29, 0.717) is 29.0 Å². The van der Waals surface area contributed by atoms with Crippen molar-refractivity contribution in [2.24, 2.45) is 5.92 Å². The van der Waals surface area contributed by atoms with Crippen LogP contribution in [0.2, 0.25) is 0 Å². The maximum Gasteiger partial charge on any atom is 0.255 e. The topological polar surface area (TPSA) is 87.3 Å². The van der Waals surface area contributed by atoms with Gasteiger partial charge in [0.2, 0.25) is 5.91 Å². The number of carbonyl (C=O) groups is 3. The second-order valence-corrected chi connectivity index (χ2v) is 7.19. The lowest BCUT2D eigenvalue weighted by Gasteiger charge is -2.13. The standard InChI is InChI=1S/C24H31N3O3/c1-4-7-16-25-24(30)20-10-8-9-11-21(20)27-23(29)18-12-14-19(15-13-18)26-22(28)17(5-2)6-3/h8-15,17H,4-7,16H2,1-3H3,(H,25,30)(H,26,28)(H,27,29). The van der Waals surface area contributed by atoms with Gasteiger partial charge in [0.15, 0.2) is 0 Å². The van der Waals surface area contributed by atoms with Crippen molar-refractivity contribution in [3.63, 3.8) is 0 Å². The van der Waals surface area contributed by atoms with Crippen molar-refractivity contribution in [1.82, 2.24) is 5.32 Å². The minimum atomic E-state index is -0.318. The number of amides is 3. The lowest BCUT2D eigenvalue weighted by atomic mass is 10.0. The first kappa shape index (κ1) is 23.1. The number of carbonyl (C=O) groups excluding carboxylic acids is 3. The molecule has 30 heavy (non-hydrogen) atoms. The van der Waals surface area contributed by atoms with Gasteiger partial charge in [0, 0.05) is 23.7 Å². The fourth-order valence-corrected chi connectivity index (χ4v) is 3.07. The Bertz CT molecular complexity index is 858. The average Bonchev–Trinajstić information content (AvgIpc) is 2.75. The highest BCUT2D eigenvalue weighted by molar-refractivity contribution is 6.09. The van der Waals surface area contributed by atoms with Gasteiger partial charge in [-0.05, 0) is 55.7 Å². The second-order valence-electron chi connectivity index (χ2n) is 7.19. The molecule has 0 unspecified atom stereocenters. The number of benzene rings is 2. The van der Waals surface area contributed by atoms with E-state index in [9.17, 15) is 14.4 Å². The number of hydrogen-bond acceptors (Lipinski definition) is 3. The fraction of sp³-hybridized carbons (Fsp3) is 0.375. The molecule has 2 rings (SSSR count). The molecule has 160 valence electrons. The molecule has 6 heteroatoms. The van der Waals surface area contributed by atoms with E-state index in [-0.39, 0.29) is 23.6 Å². The highest BCUT2D eigenvalue weighted by Crippen LogP contribution is 2.18. The molecule has 0 aliphatic heterocycles. The predicted octanol–water partition coefficient (Wildman–Crippen LogP) is 4.84.